The first-order chi connectivity index (χ1) is 28.0. The molecule has 0 saturated carbocycles. The molecule has 1 aliphatic heterocycles. The van der Waals surface area contributed by atoms with Crippen LogP contribution in [0.5, 0.6) is 11.5 Å². The van der Waals surface area contributed by atoms with E-state index in [1.165, 1.54) is 44.6 Å². The second kappa shape index (κ2) is 16.9. The molecule has 6 aromatic rings. The quantitative estimate of drug-likeness (QED) is 0.161. The molecule has 7 rings (SSSR count). The number of hydrogen-bond acceptors (Lipinski definition) is 4. The van der Waals surface area contributed by atoms with Crippen LogP contribution in [0.3, 0.4) is 0 Å². The fourth-order valence-corrected chi connectivity index (χ4v) is 8.07. The van der Waals surface area contributed by atoms with Crippen molar-refractivity contribution in [3.63, 3.8) is 0 Å². The molecule has 6 heteroatoms. The molecule has 0 bridgehead atoms. The van der Waals surface area contributed by atoms with Gasteiger partial charge in [0.05, 0.1) is 6.67 Å². The van der Waals surface area contributed by atoms with E-state index in [-0.39, 0.29) is 61.0 Å². The molecule has 0 fully saturated rings. The molecule has 63 heavy (non-hydrogen) atoms. The summed E-state index contributed by atoms with van der Waals surface area (Å²) in [6.07, 6.45) is 4.25. The van der Waals surface area contributed by atoms with Crippen molar-refractivity contribution < 1.29 is 25.8 Å². The van der Waals surface area contributed by atoms with Gasteiger partial charge in [-0.05, 0) is 85.0 Å². The monoisotopic (exact) mass is 1020 g/mol. The predicted octanol–water partition coefficient (Wildman–Crippen LogP) is 15.7. The number of benzene rings is 4. The number of anilines is 2. The third kappa shape index (κ3) is 10.3. The van der Waals surface area contributed by atoms with E-state index in [1.807, 2.05) is 6.20 Å². The van der Waals surface area contributed by atoms with Gasteiger partial charge in [0.25, 0.3) is 0 Å². The molecule has 0 atom stereocenters. The van der Waals surface area contributed by atoms with Crippen LogP contribution in [0.15, 0.2) is 90.9 Å². The van der Waals surface area contributed by atoms with Gasteiger partial charge < -0.3 is 26.5 Å². The fraction of sp³-hybridized carbons (Fsp3) is 0.439. The Balaban J connectivity index is 0.00000374. The summed E-state index contributed by atoms with van der Waals surface area (Å²) in [6.45, 7) is 41.8. The topological polar surface area (TPSA) is 33.5 Å². The van der Waals surface area contributed by atoms with Crippen LogP contribution in [-0.2, 0) is 48.1 Å². The molecule has 0 spiro atoms. The second-order valence-electron chi connectivity index (χ2n) is 23.6. The molecule has 0 amide bonds. The van der Waals surface area contributed by atoms with Gasteiger partial charge in [0, 0.05) is 67.3 Å². The zero-order valence-electron chi connectivity index (χ0n) is 41.8. The van der Waals surface area contributed by atoms with Crippen LogP contribution < -0.4 is 14.5 Å². The Morgan fingerprint density at radius 3 is 1.63 bits per heavy atom. The Labute approximate surface area is 395 Å². The van der Waals surface area contributed by atoms with E-state index in [1.54, 1.807) is 0 Å². The molecule has 0 aliphatic carbocycles. The Morgan fingerprint density at radius 1 is 0.524 bits per heavy atom. The van der Waals surface area contributed by atoms with E-state index in [9.17, 15) is 0 Å². The number of rotatable bonds is 5. The summed E-state index contributed by atoms with van der Waals surface area (Å²) in [5, 5.41) is 2.30. The summed E-state index contributed by atoms with van der Waals surface area (Å²) in [7, 11) is 0. The second-order valence-corrected chi connectivity index (χ2v) is 23.6. The van der Waals surface area contributed by atoms with Gasteiger partial charge in [-0.2, -0.15) is 6.07 Å². The third-order valence-corrected chi connectivity index (χ3v) is 12.2. The number of pyridine rings is 1. The number of ether oxygens (including phenoxy) is 1. The fourth-order valence-electron chi connectivity index (χ4n) is 8.07. The van der Waals surface area contributed by atoms with Gasteiger partial charge in [-0.15, -0.1) is 41.3 Å². The minimum atomic E-state index is -0.130. The van der Waals surface area contributed by atoms with Crippen molar-refractivity contribution in [2.24, 2.45) is 5.41 Å². The van der Waals surface area contributed by atoms with Crippen LogP contribution in [0.1, 0.15) is 152 Å². The van der Waals surface area contributed by atoms with Gasteiger partial charge in [0.15, 0.2) is 0 Å². The Morgan fingerprint density at radius 2 is 1.08 bits per heavy atom. The summed E-state index contributed by atoms with van der Waals surface area (Å²) >= 11 is 0. The van der Waals surface area contributed by atoms with Crippen LogP contribution >= 0.6 is 0 Å². The van der Waals surface area contributed by atoms with E-state index in [2.05, 4.69) is 230 Å². The molecule has 0 radical (unpaired) electrons. The third-order valence-electron chi connectivity index (χ3n) is 12.2. The Kier molecular flexibility index (Phi) is 13.3. The van der Waals surface area contributed by atoms with Gasteiger partial charge in [-0.3, -0.25) is 0 Å². The van der Waals surface area contributed by atoms with E-state index < -0.39 is 0 Å². The summed E-state index contributed by atoms with van der Waals surface area (Å²) in [5.74, 6) is 2.17. The number of nitrogens with zero attached hydrogens (tertiary/aromatic N) is 4. The largest absolute Gasteiger partial charge is 0.509 e. The zero-order valence-corrected chi connectivity index (χ0v) is 44.1. The number of aromatic nitrogens is 2. The molecule has 0 saturated heterocycles. The Hall–Kier alpha value is -4.34. The van der Waals surface area contributed by atoms with Crippen molar-refractivity contribution in [1.82, 2.24) is 9.55 Å². The van der Waals surface area contributed by atoms with E-state index >= 15 is 0 Å². The van der Waals surface area contributed by atoms with Gasteiger partial charge >= 0.3 is 0 Å². The van der Waals surface area contributed by atoms with Crippen molar-refractivity contribution >= 4 is 33.2 Å². The normalized spacial score (nSPS) is 14.2. The molecule has 3 heterocycles. The van der Waals surface area contributed by atoms with Crippen molar-refractivity contribution in [3.05, 3.63) is 138 Å². The number of hydrogen-bond donors (Lipinski definition) is 0. The molecule has 340 valence electrons. The van der Waals surface area contributed by atoms with Crippen LogP contribution in [0.25, 0.3) is 27.6 Å². The van der Waals surface area contributed by atoms with Crippen molar-refractivity contribution in [3.8, 4) is 17.3 Å². The molecule has 0 unspecified atom stereocenters. The van der Waals surface area contributed by atoms with E-state index in [4.69, 9.17) is 9.72 Å². The maximum absolute atomic E-state index is 6.87. The minimum Gasteiger partial charge on any atom is -0.509 e. The summed E-state index contributed by atoms with van der Waals surface area (Å²) in [6, 6.07) is 34.5. The number of allylic oxidation sites excluding steroid dienone is 1. The number of fused-ring (bicyclic) bond motifs is 3. The first kappa shape index (κ1) is 49.7. The van der Waals surface area contributed by atoms with Crippen molar-refractivity contribution in [1.29, 1.82) is 0 Å². The molecular weight excluding hydrogens is 952 g/mol. The molecule has 5 nitrogen and oxygen atoms in total. The van der Waals surface area contributed by atoms with Crippen LogP contribution in [0, 0.1) is 25.0 Å². The zero-order chi connectivity index (χ0) is 44.8. The maximum Gasteiger partial charge on any atom is 0.135 e. The maximum atomic E-state index is 6.87. The van der Waals surface area contributed by atoms with Crippen molar-refractivity contribution in [2.45, 2.75) is 152 Å². The first-order valence-electron chi connectivity index (χ1n) is 22.1. The summed E-state index contributed by atoms with van der Waals surface area (Å²) in [4.78, 5) is 9.78. The van der Waals surface area contributed by atoms with E-state index in [0.29, 0.717) is 18.2 Å². The average molecular weight is 1030 g/mol. The average Bonchev–Trinajstić information content (AvgIpc) is 3.73. The predicted molar refractivity (Wildman–Crippen MR) is 266 cm³/mol. The molecule has 2 aromatic heterocycles. The van der Waals surface area contributed by atoms with Gasteiger partial charge in [0.2, 0.25) is 0 Å². The standard InChI is InChI=1S/C56H70N4O.CH3.Pt/c1-51(2,3)36-19-22-47-46(30-36)45-21-20-43(33-48(45)60(47)50-31-37(23-24-57-50)52(4,5)6)61-44-29-40(55(13,14)15)26-41(32-44)58-34-49(56(16,17)18)59(35-58)42-27-38(53(7,8)9)25-39(28-42)54(10,11)12;;/h19-31,34H,35H2,1-18H3;1H3;/q-2;-1;. The van der Waals surface area contributed by atoms with Crippen LogP contribution in [0.4, 0.5) is 11.4 Å². The molecule has 0 N–H and O–H groups in total. The van der Waals surface area contributed by atoms with Crippen molar-refractivity contribution in [2.75, 3.05) is 16.5 Å². The Bertz CT molecular complexity index is 2630. The van der Waals surface area contributed by atoms with Gasteiger partial charge in [0.1, 0.15) is 5.82 Å². The van der Waals surface area contributed by atoms with Gasteiger partial charge in [-0.25, -0.2) is 4.98 Å². The van der Waals surface area contributed by atoms with Crippen LogP contribution in [-0.4, -0.2) is 16.2 Å². The van der Waals surface area contributed by atoms with Crippen LogP contribution in [0.2, 0.25) is 0 Å². The van der Waals surface area contributed by atoms with Gasteiger partial charge in [-0.1, -0.05) is 154 Å². The smallest absolute Gasteiger partial charge is 0.135 e. The summed E-state index contributed by atoms with van der Waals surface area (Å²) in [5.41, 5.74) is 11.7. The molecular formula is C57H73N4OPt-3. The van der Waals surface area contributed by atoms with E-state index in [0.717, 1.165) is 27.9 Å². The SMILES string of the molecule is CC(C)(C)C1=CN(c2[c-]c(Oc3[c-]c4c(cc3)c3cc(C(C)(C)C)ccc3n4-c3cc(C(C)(C)C)ccn3)cc(C(C)(C)C)c2)CN1c1cc(C(C)(C)C)cc(C(C)(C)C)c1.[CH3-].[Pt]. The summed E-state index contributed by atoms with van der Waals surface area (Å²) < 4.78 is 9.12. The first-order valence-corrected chi connectivity index (χ1v) is 22.1. The molecule has 4 aromatic carbocycles. The minimum absolute atomic E-state index is 0. The molecule has 1 aliphatic rings.